The zero-order valence-corrected chi connectivity index (χ0v) is 14.6. The Kier molecular flexibility index (Phi) is 4.99. The fraction of sp³-hybridized carbons (Fsp3) is 0.150. The van der Waals surface area contributed by atoms with Crippen molar-refractivity contribution >= 4 is 5.91 Å². The molecule has 0 saturated carbocycles. The molecule has 1 aromatic heterocycles. The standard InChI is InChI=1S/C20H18N4O2/c1-23(13-16-10-8-15(12-21)9-11-16)20(25)19-18(26-2)14-24(22-19)17-6-4-3-5-7-17/h3-11,14H,13H2,1-2H3. The molecule has 6 heteroatoms. The van der Waals surface area contributed by atoms with Crippen molar-refractivity contribution in [2.45, 2.75) is 6.54 Å². The highest BCUT2D eigenvalue weighted by molar-refractivity contribution is 5.94. The summed E-state index contributed by atoms with van der Waals surface area (Å²) >= 11 is 0. The minimum atomic E-state index is -0.235. The highest BCUT2D eigenvalue weighted by atomic mass is 16.5. The lowest BCUT2D eigenvalue weighted by atomic mass is 10.1. The summed E-state index contributed by atoms with van der Waals surface area (Å²) in [6, 6.07) is 18.8. The van der Waals surface area contributed by atoms with E-state index in [4.69, 9.17) is 10.00 Å². The lowest BCUT2D eigenvalue weighted by Crippen LogP contribution is -2.27. The van der Waals surface area contributed by atoms with Gasteiger partial charge in [-0.2, -0.15) is 10.4 Å². The molecule has 0 aliphatic rings. The van der Waals surface area contributed by atoms with E-state index in [0.717, 1.165) is 11.3 Å². The fourth-order valence-corrected chi connectivity index (χ4v) is 2.58. The molecule has 1 heterocycles. The summed E-state index contributed by atoms with van der Waals surface area (Å²) in [4.78, 5) is 14.4. The van der Waals surface area contributed by atoms with Crippen LogP contribution in [0.1, 0.15) is 21.6 Å². The van der Waals surface area contributed by atoms with Gasteiger partial charge in [-0.05, 0) is 29.8 Å². The quantitative estimate of drug-likeness (QED) is 0.712. The number of para-hydroxylation sites is 1. The molecule has 0 bridgehead atoms. The molecule has 0 radical (unpaired) electrons. The summed E-state index contributed by atoms with van der Waals surface area (Å²) in [5, 5.41) is 13.3. The number of carbonyl (C=O) groups is 1. The highest BCUT2D eigenvalue weighted by Gasteiger charge is 2.22. The van der Waals surface area contributed by atoms with Gasteiger partial charge in [0.25, 0.3) is 5.91 Å². The van der Waals surface area contributed by atoms with Gasteiger partial charge in [-0.3, -0.25) is 4.79 Å². The third kappa shape index (κ3) is 3.57. The predicted octanol–water partition coefficient (Wildman–Crippen LogP) is 3.02. The van der Waals surface area contributed by atoms with Crippen LogP contribution in [-0.4, -0.2) is 34.7 Å². The molecule has 0 fully saturated rings. The number of hydrogen-bond acceptors (Lipinski definition) is 4. The molecule has 3 rings (SSSR count). The predicted molar refractivity (Wildman–Crippen MR) is 97.1 cm³/mol. The number of hydrogen-bond donors (Lipinski definition) is 0. The SMILES string of the molecule is COc1cn(-c2ccccc2)nc1C(=O)N(C)Cc1ccc(C#N)cc1. The number of nitrogens with zero attached hydrogens (tertiary/aromatic N) is 4. The number of ether oxygens (including phenoxy) is 1. The molecule has 0 spiro atoms. The highest BCUT2D eigenvalue weighted by Crippen LogP contribution is 2.21. The van der Waals surface area contributed by atoms with Crippen molar-refractivity contribution in [2.75, 3.05) is 14.2 Å². The number of carbonyl (C=O) groups excluding carboxylic acids is 1. The maximum absolute atomic E-state index is 12.8. The average Bonchev–Trinajstić information content (AvgIpc) is 3.13. The zero-order valence-electron chi connectivity index (χ0n) is 14.6. The molecule has 0 N–H and O–H groups in total. The lowest BCUT2D eigenvalue weighted by molar-refractivity contribution is 0.0775. The Balaban J connectivity index is 1.82. The van der Waals surface area contributed by atoms with Gasteiger partial charge in [-0.25, -0.2) is 4.68 Å². The van der Waals surface area contributed by atoms with E-state index in [2.05, 4.69) is 11.2 Å². The summed E-state index contributed by atoms with van der Waals surface area (Å²) in [6.07, 6.45) is 1.69. The van der Waals surface area contributed by atoms with Crippen molar-refractivity contribution in [3.63, 3.8) is 0 Å². The van der Waals surface area contributed by atoms with Crippen molar-refractivity contribution in [3.8, 4) is 17.5 Å². The fourth-order valence-electron chi connectivity index (χ4n) is 2.58. The van der Waals surface area contributed by atoms with Gasteiger partial charge in [0.1, 0.15) is 0 Å². The van der Waals surface area contributed by atoms with Gasteiger partial charge >= 0.3 is 0 Å². The van der Waals surface area contributed by atoms with Gasteiger partial charge in [0.05, 0.1) is 30.6 Å². The summed E-state index contributed by atoms with van der Waals surface area (Å²) in [5.41, 5.74) is 2.62. The second-order valence-electron chi connectivity index (χ2n) is 5.80. The molecule has 130 valence electrons. The molecule has 0 saturated heterocycles. The Labute approximate surface area is 151 Å². The lowest BCUT2D eigenvalue weighted by Gasteiger charge is -2.16. The molecular formula is C20H18N4O2. The first-order chi connectivity index (χ1) is 12.6. The van der Waals surface area contributed by atoms with E-state index in [1.165, 1.54) is 7.11 Å². The topological polar surface area (TPSA) is 71.2 Å². The second-order valence-corrected chi connectivity index (χ2v) is 5.80. The van der Waals surface area contributed by atoms with Crippen molar-refractivity contribution in [1.29, 1.82) is 5.26 Å². The number of methoxy groups -OCH3 is 1. The van der Waals surface area contributed by atoms with Gasteiger partial charge in [0, 0.05) is 13.6 Å². The Bertz CT molecular complexity index is 940. The first-order valence-corrected chi connectivity index (χ1v) is 8.06. The number of nitriles is 1. The number of amides is 1. The molecule has 1 amide bonds. The summed E-state index contributed by atoms with van der Waals surface area (Å²) < 4.78 is 6.96. The molecule has 3 aromatic rings. The van der Waals surface area contributed by atoms with E-state index >= 15 is 0 Å². The van der Waals surface area contributed by atoms with E-state index < -0.39 is 0 Å². The molecule has 0 aliphatic carbocycles. The smallest absolute Gasteiger partial charge is 0.278 e. The second kappa shape index (κ2) is 7.53. The van der Waals surface area contributed by atoms with E-state index in [0.29, 0.717) is 17.9 Å². The zero-order chi connectivity index (χ0) is 18.5. The average molecular weight is 346 g/mol. The van der Waals surface area contributed by atoms with E-state index in [-0.39, 0.29) is 11.6 Å². The first-order valence-electron chi connectivity index (χ1n) is 8.06. The van der Waals surface area contributed by atoms with Crippen LogP contribution in [-0.2, 0) is 6.54 Å². The minimum absolute atomic E-state index is 0.235. The van der Waals surface area contributed by atoms with Crippen LogP contribution in [0.3, 0.4) is 0 Å². The molecule has 0 aliphatic heterocycles. The van der Waals surface area contributed by atoms with Crippen molar-refractivity contribution < 1.29 is 9.53 Å². The van der Waals surface area contributed by atoms with Crippen LogP contribution in [0, 0.1) is 11.3 Å². The molecule has 0 atom stereocenters. The van der Waals surface area contributed by atoms with Crippen LogP contribution >= 0.6 is 0 Å². The maximum Gasteiger partial charge on any atom is 0.278 e. The first kappa shape index (κ1) is 17.2. The third-order valence-electron chi connectivity index (χ3n) is 3.97. The van der Waals surface area contributed by atoms with Crippen molar-refractivity contribution in [1.82, 2.24) is 14.7 Å². The van der Waals surface area contributed by atoms with Gasteiger partial charge in [0.2, 0.25) is 0 Å². The molecule has 2 aromatic carbocycles. The summed E-state index contributed by atoms with van der Waals surface area (Å²) in [6.45, 7) is 0.409. The van der Waals surface area contributed by atoms with Crippen LogP contribution in [0.4, 0.5) is 0 Å². The van der Waals surface area contributed by atoms with Crippen LogP contribution in [0.25, 0.3) is 5.69 Å². The summed E-state index contributed by atoms with van der Waals surface area (Å²) in [5.74, 6) is 0.187. The van der Waals surface area contributed by atoms with Crippen LogP contribution in [0.15, 0.2) is 60.8 Å². The maximum atomic E-state index is 12.8. The van der Waals surface area contributed by atoms with Crippen LogP contribution in [0.2, 0.25) is 0 Å². The van der Waals surface area contributed by atoms with Gasteiger partial charge in [0.15, 0.2) is 11.4 Å². The molecular weight excluding hydrogens is 328 g/mol. The number of rotatable bonds is 5. The van der Waals surface area contributed by atoms with E-state index in [1.54, 1.807) is 35.0 Å². The Hall–Kier alpha value is -3.59. The van der Waals surface area contributed by atoms with Gasteiger partial charge in [-0.15, -0.1) is 0 Å². The Morgan fingerprint density at radius 3 is 2.50 bits per heavy atom. The Morgan fingerprint density at radius 1 is 1.19 bits per heavy atom. The van der Waals surface area contributed by atoms with Gasteiger partial charge < -0.3 is 9.64 Å². The van der Waals surface area contributed by atoms with Gasteiger partial charge in [-0.1, -0.05) is 30.3 Å². The van der Waals surface area contributed by atoms with Crippen LogP contribution in [0.5, 0.6) is 5.75 Å². The number of benzene rings is 2. The number of aromatic nitrogens is 2. The van der Waals surface area contributed by atoms with Crippen molar-refractivity contribution in [2.24, 2.45) is 0 Å². The minimum Gasteiger partial charge on any atom is -0.493 e. The third-order valence-corrected chi connectivity index (χ3v) is 3.97. The molecule has 0 unspecified atom stereocenters. The summed E-state index contributed by atoms with van der Waals surface area (Å²) in [7, 11) is 3.23. The van der Waals surface area contributed by atoms with Crippen molar-refractivity contribution in [3.05, 3.63) is 77.6 Å². The normalized spacial score (nSPS) is 10.2. The molecule has 6 nitrogen and oxygen atoms in total. The van der Waals surface area contributed by atoms with Crippen LogP contribution < -0.4 is 4.74 Å². The largest absolute Gasteiger partial charge is 0.493 e. The monoisotopic (exact) mass is 346 g/mol. The van der Waals surface area contributed by atoms with E-state index in [1.807, 2.05) is 42.5 Å². The molecule has 26 heavy (non-hydrogen) atoms. The Morgan fingerprint density at radius 2 is 1.88 bits per heavy atom. The van der Waals surface area contributed by atoms with E-state index in [9.17, 15) is 4.79 Å².